The van der Waals surface area contributed by atoms with Crippen LogP contribution in [0.2, 0.25) is 0 Å². The Morgan fingerprint density at radius 1 is 0.909 bits per heavy atom. The van der Waals surface area contributed by atoms with Crippen molar-refractivity contribution in [1.82, 2.24) is 10.2 Å². The lowest BCUT2D eigenvalue weighted by Gasteiger charge is -2.39. The van der Waals surface area contributed by atoms with Crippen LogP contribution in [0.4, 0.5) is 17.6 Å². The second-order valence-corrected chi connectivity index (χ2v) is 13.0. The van der Waals surface area contributed by atoms with Crippen LogP contribution in [0.25, 0.3) is 0 Å². The molecule has 1 aliphatic carbocycles. The number of alkyl halides is 2. The van der Waals surface area contributed by atoms with Crippen molar-refractivity contribution in [3.63, 3.8) is 0 Å². The van der Waals surface area contributed by atoms with Crippen molar-refractivity contribution in [2.75, 3.05) is 26.2 Å². The van der Waals surface area contributed by atoms with Gasteiger partial charge in [-0.25, -0.2) is 17.6 Å². The molecule has 0 aromatic heterocycles. The Kier molecular flexibility index (Phi) is 9.20. The molecule has 2 unspecified atom stereocenters. The SMILES string of the molecule is CC(F)(F)CN1CCc2cc(OCc3ccccc3)ccc2C1c1c(F)cc(OC2CCCC3(CCNCC3)CC2)cc1F. The summed E-state index contributed by atoms with van der Waals surface area (Å²) in [6, 6.07) is 16.6. The summed E-state index contributed by atoms with van der Waals surface area (Å²) >= 11 is 0. The van der Waals surface area contributed by atoms with E-state index in [0.29, 0.717) is 29.8 Å². The quantitative estimate of drug-likeness (QED) is 0.261. The normalized spacial score (nSPS) is 22.3. The third-order valence-corrected chi connectivity index (χ3v) is 9.69. The molecule has 0 radical (unpaired) electrons. The van der Waals surface area contributed by atoms with E-state index in [1.807, 2.05) is 36.4 Å². The number of halogens is 4. The van der Waals surface area contributed by atoms with Crippen LogP contribution in [-0.2, 0) is 13.0 Å². The zero-order valence-corrected chi connectivity index (χ0v) is 25.4. The Balaban J connectivity index is 1.24. The first-order chi connectivity index (χ1) is 21.2. The summed E-state index contributed by atoms with van der Waals surface area (Å²) in [5, 5.41) is 3.44. The summed E-state index contributed by atoms with van der Waals surface area (Å²) in [7, 11) is 0. The standard InChI is InChI=1S/C36H42F4N2O2/c1-35(39,40)24-42-19-12-26-20-28(43-23-25-6-3-2-4-7-25)9-10-30(26)34(42)33-31(37)21-29(22-32(33)38)44-27-8-5-13-36(14-11-27)15-17-41-18-16-36/h2-4,6-7,9-10,20-22,27,34,41H,5,8,11-19,23-24H2,1H3. The maximum Gasteiger partial charge on any atom is 0.257 e. The maximum atomic E-state index is 15.9. The molecule has 6 rings (SSSR count). The summed E-state index contributed by atoms with van der Waals surface area (Å²) in [6.07, 6.45) is 7.64. The molecule has 1 N–H and O–H groups in total. The minimum absolute atomic E-state index is 0.103. The van der Waals surface area contributed by atoms with Gasteiger partial charge in [0.1, 0.15) is 29.7 Å². The highest BCUT2D eigenvalue weighted by molar-refractivity contribution is 5.46. The molecule has 1 spiro atoms. The number of hydrogen-bond acceptors (Lipinski definition) is 4. The molecule has 2 aliphatic heterocycles. The monoisotopic (exact) mass is 610 g/mol. The molecule has 2 fully saturated rings. The highest BCUT2D eigenvalue weighted by Crippen LogP contribution is 2.44. The third-order valence-electron chi connectivity index (χ3n) is 9.69. The van der Waals surface area contributed by atoms with Crippen LogP contribution < -0.4 is 14.8 Å². The number of rotatable bonds is 8. The van der Waals surface area contributed by atoms with Gasteiger partial charge in [0, 0.05) is 31.2 Å². The van der Waals surface area contributed by atoms with Crippen molar-refractivity contribution in [2.24, 2.45) is 5.41 Å². The number of hydrogen-bond donors (Lipinski definition) is 1. The molecule has 44 heavy (non-hydrogen) atoms. The van der Waals surface area contributed by atoms with Crippen molar-refractivity contribution in [3.05, 3.63) is 94.6 Å². The fourth-order valence-electron chi connectivity index (χ4n) is 7.45. The van der Waals surface area contributed by atoms with Gasteiger partial charge in [0.15, 0.2) is 0 Å². The summed E-state index contributed by atoms with van der Waals surface area (Å²) < 4.78 is 72.7. The number of piperidine rings is 1. The second kappa shape index (κ2) is 13.1. The fraction of sp³-hybridized carbons (Fsp3) is 0.500. The van der Waals surface area contributed by atoms with Crippen molar-refractivity contribution in [2.45, 2.75) is 83.0 Å². The van der Waals surface area contributed by atoms with Gasteiger partial charge in [-0.1, -0.05) is 36.4 Å². The van der Waals surface area contributed by atoms with Gasteiger partial charge in [-0.2, -0.15) is 0 Å². The molecule has 0 bridgehead atoms. The van der Waals surface area contributed by atoms with E-state index in [4.69, 9.17) is 9.47 Å². The summed E-state index contributed by atoms with van der Waals surface area (Å²) in [5.74, 6) is -3.82. The van der Waals surface area contributed by atoms with Gasteiger partial charge in [-0.15, -0.1) is 0 Å². The van der Waals surface area contributed by atoms with Crippen LogP contribution >= 0.6 is 0 Å². The van der Waals surface area contributed by atoms with Crippen molar-refractivity contribution < 1.29 is 27.0 Å². The summed E-state index contributed by atoms with van der Waals surface area (Å²) in [6.45, 7) is 2.92. The number of ether oxygens (including phenoxy) is 2. The molecule has 4 nitrogen and oxygen atoms in total. The highest BCUT2D eigenvalue weighted by atomic mass is 19.3. The van der Waals surface area contributed by atoms with Gasteiger partial charge in [-0.3, -0.25) is 4.90 Å². The van der Waals surface area contributed by atoms with Crippen LogP contribution in [0, 0.1) is 17.0 Å². The number of nitrogens with zero attached hydrogens (tertiary/aromatic N) is 1. The lowest BCUT2D eigenvalue weighted by atomic mass is 9.73. The van der Waals surface area contributed by atoms with Crippen molar-refractivity contribution in [1.29, 1.82) is 0 Å². The molecule has 3 aliphatic rings. The van der Waals surface area contributed by atoms with Crippen LogP contribution in [0.15, 0.2) is 60.7 Å². The lowest BCUT2D eigenvalue weighted by molar-refractivity contribution is -0.0245. The summed E-state index contributed by atoms with van der Waals surface area (Å²) in [5.41, 5.74) is 2.57. The lowest BCUT2D eigenvalue weighted by Crippen LogP contribution is -2.43. The third kappa shape index (κ3) is 7.23. The molecule has 3 aromatic rings. The average Bonchev–Trinajstić information content (AvgIpc) is 3.18. The van der Waals surface area contributed by atoms with Gasteiger partial charge in [0.05, 0.1) is 18.7 Å². The molecular weight excluding hydrogens is 568 g/mol. The van der Waals surface area contributed by atoms with Crippen LogP contribution in [-0.4, -0.2) is 43.1 Å². The fourth-order valence-corrected chi connectivity index (χ4v) is 7.45. The van der Waals surface area contributed by atoms with Crippen molar-refractivity contribution in [3.8, 4) is 11.5 Å². The van der Waals surface area contributed by atoms with Gasteiger partial charge < -0.3 is 14.8 Å². The predicted molar refractivity (Wildman–Crippen MR) is 163 cm³/mol. The molecule has 8 heteroatoms. The number of nitrogens with one attached hydrogen (secondary N) is 1. The molecule has 3 aromatic carbocycles. The van der Waals surface area contributed by atoms with Gasteiger partial charge in [0.25, 0.3) is 5.92 Å². The Labute approximate surface area is 257 Å². The van der Waals surface area contributed by atoms with Gasteiger partial charge in [-0.05, 0) is 98.7 Å². The summed E-state index contributed by atoms with van der Waals surface area (Å²) in [4.78, 5) is 1.48. The smallest absolute Gasteiger partial charge is 0.257 e. The van der Waals surface area contributed by atoms with Crippen LogP contribution in [0.3, 0.4) is 0 Å². The number of benzene rings is 3. The van der Waals surface area contributed by atoms with E-state index in [0.717, 1.165) is 76.1 Å². The molecule has 2 atom stereocenters. The first-order valence-electron chi connectivity index (χ1n) is 16.0. The van der Waals surface area contributed by atoms with Crippen LogP contribution in [0.1, 0.15) is 80.2 Å². The van der Waals surface area contributed by atoms with E-state index >= 15 is 8.78 Å². The Hall–Kier alpha value is -3.10. The van der Waals surface area contributed by atoms with Gasteiger partial charge in [0.2, 0.25) is 0 Å². The average molecular weight is 611 g/mol. The molecular formula is C36H42F4N2O2. The molecule has 1 saturated carbocycles. The van der Waals surface area contributed by atoms with Gasteiger partial charge >= 0.3 is 0 Å². The molecule has 236 valence electrons. The molecule has 1 saturated heterocycles. The largest absolute Gasteiger partial charge is 0.490 e. The van der Waals surface area contributed by atoms with Crippen molar-refractivity contribution >= 4 is 0 Å². The second-order valence-electron chi connectivity index (χ2n) is 13.0. The Morgan fingerprint density at radius 2 is 1.66 bits per heavy atom. The topological polar surface area (TPSA) is 33.7 Å². The maximum absolute atomic E-state index is 15.9. The van der Waals surface area contributed by atoms with E-state index in [9.17, 15) is 8.78 Å². The van der Waals surface area contributed by atoms with E-state index in [2.05, 4.69) is 5.32 Å². The molecule has 2 heterocycles. The van der Waals surface area contributed by atoms with Crippen LogP contribution in [0.5, 0.6) is 11.5 Å². The van der Waals surface area contributed by atoms with E-state index in [1.54, 1.807) is 12.1 Å². The van der Waals surface area contributed by atoms with E-state index in [1.165, 1.54) is 17.0 Å². The highest BCUT2D eigenvalue weighted by Gasteiger charge is 2.38. The minimum Gasteiger partial charge on any atom is -0.490 e. The first-order valence-corrected chi connectivity index (χ1v) is 16.0. The predicted octanol–water partition coefficient (Wildman–Crippen LogP) is 8.23. The Bertz CT molecular complexity index is 1400. The molecule has 0 amide bonds. The Morgan fingerprint density at radius 3 is 2.39 bits per heavy atom. The zero-order valence-electron chi connectivity index (χ0n) is 25.4. The number of fused-ring (bicyclic) bond motifs is 1. The van der Waals surface area contributed by atoms with E-state index < -0.39 is 30.1 Å². The zero-order chi connectivity index (χ0) is 30.7. The minimum atomic E-state index is -3.03. The first kappa shape index (κ1) is 30.9. The van der Waals surface area contributed by atoms with E-state index in [-0.39, 0.29) is 24.0 Å².